The van der Waals surface area contributed by atoms with Gasteiger partial charge in [0.15, 0.2) is 0 Å². The number of pyridine rings is 2. The fourth-order valence-electron chi connectivity index (χ4n) is 3.22. The number of nitrogens with zero attached hydrogens (tertiary/aromatic N) is 2. The number of methoxy groups -OCH3 is 1. The van der Waals surface area contributed by atoms with E-state index in [1.54, 1.807) is 19.5 Å². The molecule has 0 bridgehead atoms. The molecule has 2 heterocycles. The van der Waals surface area contributed by atoms with Crippen LogP contribution in [0.2, 0.25) is 0 Å². The Hall–Kier alpha value is -3.59. The van der Waals surface area contributed by atoms with Crippen LogP contribution in [0, 0.1) is 23.7 Å². The third-order valence-corrected chi connectivity index (χ3v) is 5.14. The molecule has 1 amide bonds. The fraction of sp³-hybridized carbons (Fsp3) is 0.261. The van der Waals surface area contributed by atoms with Gasteiger partial charge in [-0.2, -0.15) is 0 Å². The van der Waals surface area contributed by atoms with Crippen LogP contribution in [-0.2, 0) is 4.79 Å². The largest absolute Gasteiger partial charge is 0.497 e. The molecule has 146 valence electrons. The summed E-state index contributed by atoms with van der Waals surface area (Å²) < 4.78 is 5.18. The topological polar surface area (TPSA) is 76.1 Å². The van der Waals surface area contributed by atoms with E-state index in [-0.39, 0.29) is 11.8 Å². The van der Waals surface area contributed by atoms with E-state index >= 15 is 0 Å². The second-order valence-electron chi connectivity index (χ2n) is 7.17. The zero-order valence-corrected chi connectivity index (χ0v) is 16.6. The second-order valence-corrected chi connectivity index (χ2v) is 7.17. The number of hydrogen-bond acceptors (Lipinski definition) is 5. The maximum Gasteiger partial charge on any atom is 0.228 e. The molecule has 2 atom stereocenters. The highest BCUT2D eigenvalue weighted by molar-refractivity contribution is 5.99. The zero-order chi connectivity index (χ0) is 20.4. The molecular weight excluding hydrogens is 364 g/mol. The van der Waals surface area contributed by atoms with E-state index in [1.807, 2.05) is 37.4 Å². The Morgan fingerprint density at radius 1 is 1.14 bits per heavy atom. The summed E-state index contributed by atoms with van der Waals surface area (Å²) in [5, 5.41) is 7.74. The van der Waals surface area contributed by atoms with Gasteiger partial charge in [0.25, 0.3) is 0 Å². The van der Waals surface area contributed by atoms with Crippen LogP contribution < -0.4 is 15.4 Å². The number of carbonyl (C=O) groups is 1. The predicted molar refractivity (Wildman–Crippen MR) is 114 cm³/mol. The summed E-state index contributed by atoms with van der Waals surface area (Å²) in [6.45, 7) is 2.08. The molecule has 0 saturated heterocycles. The van der Waals surface area contributed by atoms with Crippen molar-refractivity contribution in [1.29, 1.82) is 0 Å². The molecule has 0 radical (unpaired) electrons. The van der Waals surface area contributed by atoms with Crippen molar-refractivity contribution in [2.45, 2.75) is 13.3 Å². The molecular formula is C23H22N4O2. The minimum Gasteiger partial charge on any atom is -0.497 e. The van der Waals surface area contributed by atoms with E-state index in [0.717, 1.165) is 39.9 Å². The van der Waals surface area contributed by atoms with E-state index in [1.165, 1.54) is 0 Å². The van der Waals surface area contributed by atoms with Crippen molar-refractivity contribution in [1.82, 2.24) is 9.97 Å². The summed E-state index contributed by atoms with van der Waals surface area (Å²) in [5.74, 6) is 8.96. The van der Waals surface area contributed by atoms with Gasteiger partial charge in [-0.15, -0.1) is 0 Å². The van der Waals surface area contributed by atoms with Crippen LogP contribution >= 0.6 is 0 Å². The SMILES string of the molecule is CNc1ncc(C#Cc2ccc(OC)cc2)c2cc(NC(=O)[C@H]3C[C@H]3C)ncc12. The lowest BCUT2D eigenvalue weighted by molar-refractivity contribution is -0.117. The first-order valence-electron chi connectivity index (χ1n) is 9.52. The Morgan fingerprint density at radius 3 is 2.55 bits per heavy atom. The van der Waals surface area contributed by atoms with Crippen LogP contribution in [0.1, 0.15) is 24.5 Å². The minimum absolute atomic E-state index is 0.0260. The Bertz CT molecular complexity index is 1130. The van der Waals surface area contributed by atoms with E-state index in [9.17, 15) is 4.79 Å². The van der Waals surface area contributed by atoms with Gasteiger partial charge < -0.3 is 15.4 Å². The van der Waals surface area contributed by atoms with Gasteiger partial charge in [-0.05, 0) is 42.7 Å². The average molecular weight is 386 g/mol. The van der Waals surface area contributed by atoms with Gasteiger partial charge in [-0.3, -0.25) is 4.79 Å². The van der Waals surface area contributed by atoms with Crippen LogP contribution in [-0.4, -0.2) is 30.0 Å². The molecule has 6 heteroatoms. The van der Waals surface area contributed by atoms with Crippen molar-refractivity contribution in [2.75, 3.05) is 24.8 Å². The molecule has 3 aromatic rings. The van der Waals surface area contributed by atoms with E-state index < -0.39 is 0 Å². The second kappa shape index (κ2) is 7.80. The zero-order valence-electron chi connectivity index (χ0n) is 16.6. The molecule has 2 aromatic heterocycles. The van der Waals surface area contributed by atoms with E-state index in [2.05, 4.69) is 39.4 Å². The summed E-state index contributed by atoms with van der Waals surface area (Å²) in [7, 11) is 3.45. The van der Waals surface area contributed by atoms with Gasteiger partial charge in [0, 0.05) is 41.7 Å². The van der Waals surface area contributed by atoms with Gasteiger partial charge in [0.2, 0.25) is 5.91 Å². The van der Waals surface area contributed by atoms with Crippen LogP contribution in [0.15, 0.2) is 42.7 Å². The molecule has 1 saturated carbocycles. The van der Waals surface area contributed by atoms with E-state index in [4.69, 9.17) is 4.74 Å². The lowest BCUT2D eigenvalue weighted by Gasteiger charge is -2.09. The van der Waals surface area contributed by atoms with Crippen molar-refractivity contribution < 1.29 is 9.53 Å². The standard InChI is InChI=1S/C23H22N4O2/c1-14-10-18(14)23(28)27-21-11-19-16(12-26-22(24-2)20(19)13-25-21)7-4-15-5-8-17(29-3)9-6-15/h5-6,8-9,11-14,18H,10H2,1-3H3,(H,24,26)(H,25,27,28)/t14-,18+/m1/s1. The Morgan fingerprint density at radius 2 is 1.90 bits per heavy atom. The number of fused-ring (bicyclic) bond motifs is 1. The first-order chi connectivity index (χ1) is 14.1. The minimum atomic E-state index is 0.0260. The maximum absolute atomic E-state index is 12.3. The predicted octanol–water partition coefficient (Wildman–Crippen LogP) is 3.67. The average Bonchev–Trinajstić information content (AvgIpc) is 3.49. The number of hydrogen-bond donors (Lipinski definition) is 2. The molecule has 1 aliphatic rings. The Kier molecular flexibility index (Phi) is 5.05. The summed E-state index contributed by atoms with van der Waals surface area (Å²) in [6.07, 6.45) is 4.39. The summed E-state index contributed by atoms with van der Waals surface area (Å²) >= 11 is 0. The quantitative estimate of drug-likeness (QED) is 0.669. The van der Waals surface area contributed by atoms with Crippen molar-refractivity contribution in [3.63, 3.8) is 0 Å². The summed E-state index contributed by atoms with van der Waals surface area (Å²) in [4.78, 5) is 21.1. The monoisotopic (exact) mass is 386 g/mol. The number of amides is 1. The van der Waals surface area contributed by atoms with E-state index in [0.29, 0.717) is 11.7 Å². The molecule has 0 spiro atoms. The Labute approximate surface area is 169 Å². The third-order valence-electron chi connectivity index (χ3n) is 5.14. The number of aromatic nitrogens is 2. The Balaban J connectivity index is 1.69. The van der Waals surface area contributed by atoms with Crippen LogP contribution in [0.4, 0.5) is 11.6 Å². The highest BCUT2D eigenvalue weighted by Crippen LogP contribution is 2.38. The van der Waals surface area contributed by atoms with Gasteiger partial charge in [-0.25, -0.2) is 9.97 Å². The number of anilines is 2. The van der Waals surface area contributed by atoms with Crippen molar-refractivity contribution >= 4 is 28.3 Å². The molecule has 4 rings (SSSR count). The van der Waals surface area contributed by atoms with Crippen LogP contribution in [0.5, 0.6) is 5.75 Å². The first-order valence-corrected chi connectivity index (χ1v) is 9.52. The number of ether oxygens (including phenoxy) is 1. The molecule has 1 aromatic carbocycles. The number of carbonyl (C=O) groups excluding carboxylic acids is 1. The molecule has 1 aliphatic carbocycles. The molecule has 1 fully saturated rings. The molecule has 0 aliphatic heterocycles. The summed E-state index contributed by atoms with van der Waals surface area (Å²) in [6, 6.07) is 9.43. The fourth-order valence-corrected chi connectivity index (χ4v) is 3.22. The normalized spacial score (nSPS) is 17.2. The van der Waals surface area contributed by atoms with Gasteiger partial charge >= 0.3 is 0 Å². The lowest BCUT2D eigenvalue weighted by atomic mass is 10.1. The number of nitrogens with one attached hydrogen (secondary N) is 2. The van der Waals surface area contributed by atoms with Crippen molar-refractivity contribution in [2.24, 2.45) is 11.8 Å². The van der Waals surface area contributed by atoms with Crippen molar-refractivity contribution in [3.8, 4) is 17.6 Å². The highest BCUT2D eigenvalue weighted by atomic mass is 16.5. The van der Waals surface area contributed by atoms with Crippen LogP contribution in [0.3, 0.4) is 0 Å². The molecule has 2 N–H and O–H groups in total. The number of benzene rings is 1. The molecule has 29 heavy (non-hydrogen) atoms. The highest BCUT2D eigenvalue weighted by Gasteiger charge is 2.39. The summed E-state index contributed by atoms with van der Waals surface area (Å²) in [5.41, 5.74) is 1.65. The maximum atomic E-state index is 12.3. The van der Waals surface area contributed by atoms with Gasteiger partial charge in [0.1, 0.15) is 17.4 Å². The van der Waals surface area contributed by atoms with Gasteiger partial charge in [0.05, 0.1) is 12.7 Å². The van der Waals surface area contributed by atoms with Crippen LogP contribution in [0.25, 0.3) is 10.8 Å². The lowest BCUT2D eigenvalue weighted by Crippen LogP contribution is -2.15. The van der Waals surface area contributed by atoms with Crippen molar-refractivity contribution in [3.05, 3.63) is 53.9 Å². The molecule has 0 unspecified atom stereocenters. The number of rotatable bonds is 4. The third kappa shape index (κ3) is 3.99. The first kappa shape index (κ1) is 18.8. The smallest absolute Gasteiger partial charge is 0.228 e. The molecule has 6 nitrogen and oxygen atoms in total. The van der Waals surface area contributed by atoms with Gasteiger partial charge in [-0.1, -0.05) is 18.8 Å².